The molecule has 0 saturated carbocycles. The summed E-state index contributed by atoms with van der Waals surface area (Å²) in [6.07, 6.45) is 1.86. The van der Waals surface area contributed by atoms with E-state index >= 15 is 0 Å². The maximum atomic E-state index is 12.0. The van der Waals surface area contributed by atoms with Crippen LogP contribution in [0.25, 0.3) is 11.3 Å². The van der Waals surface area contributed by atoms with Crippen LogP contribution in [0.4, 0.5) is 9.93 Å². The number of aromatic hydroxyl groups is 1. The lowest BCUT2D eigenvalue weighted by Gasteiger charge is -2.22. The van der Waals surface area contributed by atoms with Gasteiger partial charge < -0.3 is 15.2 Å². The van der Waals surface area contributed by atoms with Gasteiger partial charge in [0, 0.05) is 22.2 Å². The number of aromatic nitrogens is 1. The third kappa shape index (κ3) is 7.91. The third-order valence-electron chi connectivity index (χ3n) is 3.58. The summed E-state index contributed by atoms with van der Waals surface area (Å²) in [7, 11) is 0. The Morgan fingerprint density at radius 1 is 1.41 bits per heavy atom. The first kappa shape index (κ1) is 23.0. The Balaban J connectivity index is 2.02. The molecule has 0 bridgehead atoms. The van der Waals surface area contributed by atoms with Gasteiger partial charge in [-0.2, -0.15) is 5.10 Å². The van der Waals surface area contributed by atoms with Crippen molar-refractivity contribution >= 4 is 40.4 Å². The monoisotopic (exact) mass is 438 g/mol. The molecule has 2 aromatic rings. The van der Waals surface area contributed by atoms with Crippen LogP contribution in [0.5, 0.6) is 5.75 Å². The molecular formula is C20H27ClN4O3S. The molecule has 29 heavy (non-hydrogen) atoms. The van der Waals surface area contributed by atoms with Crippen molar-refractivity contribution in [1.29, 1.82) is 0 Å². The summed E-state index contributed by atoms with van der Waals surface area (Å²) in [5.41, 5.74) is 3.45. The molecule has 0 radical (unpaired) electrons. The molecule has 0 saturated heterocycles. The highest BCUT2D eigenvalue weighted by Crippen LogP contribution is 2.33. The number of phenolic OH excluding ortho intramolecular Hbond substituents is 1. The van der Waals surface area contributed by atoms with Crippen molar-refractivity contribution in [2.45, 2.75) is 52.7 Å². The first-order valence-corrected chi connectivity index (χ1v) is 10.5. The number of anilines is 1. The van der Waals surface area contributed by atoms with E-state index in [4.69, 9.17) is 16.3 Å². The fourth-order valence-corrected chi connectivity index (χ4v) is 3.30. The number of phenols is 1. The minimum absolute atomic E-state index is 0.105. The van der Waals surface area contributed by atoms with E-state index in [-0.39, 0.29) is 11.8 Å². The number of hydrazone groups is 1. The SMILES string of the molecule is CC(C)C[C@@H](/C=N\Nc1nc(-c2cc(Cl)ccc2O)cs1)NC(=O)OC(C)(C)C. The van der Waals surface area contributed by atoms with Gasteiger partial charge in [-0.05, 0) is 51.3 Å². The van der Waals surface area contributed by atoms with Crippen molar-refractivity contribution in [3.05, 3.63) is 28.6 Å². The first-order valence-electron chi connectivity index (χ1n) is 9.26. The van der Waals surface area contributed by atoms with Gasteiger partial charge in [-0.1, -0.05) is 25.4 Å². The second-order valence-electron chi connectivity index (χ2n) is 7.97. The summed E-state index contributed by atoms with van der Waals surface area (Å²) < 4.78 is 5.31. The molecular weight excluding hydrogens is 412 g/mol. The van der Waals surface area contributed by atoms with Gasteiger partial charge in [0.25, 0.3) is 0 Å². The highest BCUT2D eigenvalue weighted by molar-refractivity contribution is 7.14. The summed E-state index contributed by atoms with van der Waals surface area (Å²) in [5.74, 6) is 0.465. The van der Waals surface area contributed by atoms with Crippen LogP contribution in [0.3, 0.4) is 0 Å². The van der Waals surface area contributed by atoms with Crippen molar-refractivity contribution < 1.29 is 14.6 Å². The number of amides is 1. The molecule has 0 unspecified atom stereocenters. The number of nitrogens with one attached hydrogen (secondary N) is 2. The van der Waals surface area contributed by atoms with Gasteiger partial charge in [0.15, 0.2) is 0 Å². The Morgan fingerprint density at radius 2 is 2.14 bits per heavy atom. The van der Waals surface area contributed by atoms with E-state index in [1.54, 1.807) is 23.7 Å². The lowest BCUT2D eigenvalue weighted by molar-refractivity contribution is 0.0515. The summed E-state index contributed by atoms with van der Waals surface area (Å²) >= 11 is 7.34. The molecule has 0 fully saturated rings. The largest absolute Gasteiger partial charge is 0.507 e. The zero-order chi connectivity index (χ0) is 21.6. The molecule has 158 valence electrons. The molecule has 9 heteroatoms. The highest BCUT2D eigenvalue weighted by Gasteiger charge is 2.19. The number of halogens is 1. The molecule has 1 aromatic carbocycles. The van der Waals surface area contributed by atoms with E-state index < -0.39 is 11.7 Å². The number of ether oxygens (including phenoxy) is 1. The number of thiazole rings is 1. The van der Waals surface area contributed by atoms with E-state index in [1.807, 2.05) is 20.8 Å². The fraction of sp³-hybridized carbons (Fsp3) is 0.450. The first-order chi connectivity index (χ1) is 13.5. The molecule has 0 aliphatic carbocycles. The second kappa shape index (κ2) is 9.93. The maximum Gasteiger partial charge on any atom is 0.408 e. The third-order valence-corrected chi connectivity index (χ3v) is 4.56. The van der Waals surface area contributed by atoms with Crippen LogP contribution >= 0.6 is 22.9 Å². The van der Waals surface area contributed by atoms with Gasteiger partial charge in [-0.25, -0.2) is 9.78 Å². The smallest absolute Gasteiger partial charge is 0.408 e. The van der Waals surface area contributed by atoms with Crippen molar-refractivity contribution in [1.82, 2.24) is 10.3 Å². The van der Waals surface area contributed by atoms with Crippen LogP contribution < -0.4 is 10.7 Å². The number of rotatable bonds is 7. The molecule has 1 atom stereocenters. The number of hydrogen-bond acceptors (Lipinski definition) is 7. The molecule has 3 N–H and O–H groups in total. The lowest BCUT2D eigenvalue weighted by Crippen LogP contribution is -2.40. The minimum atomic E-state index is -0.564. The van der Waals surface area contributed by atoms with Gasteiger partial charge in [0.05, 0.1) is 11.7 Å². The number of carbonyl (C=O) groups is 1. The predicted octanol–water partition coefficient (Wildman–Crippen LogP) is 5.51. The summed E-state index contributed by atoms with van der Waals surface area (Å²) in [6.45, 7) is 9.58. The van der Waals surface area contributed by atoms with E-state index in [2.05, 4.69) is 34.7 Å². The Labute approximate surface area is 180 Å². The number of benzene rings is 1. The van der Waals surface area contributed by atoms with E-state index in [0.717, 1.165) is 0 Å². The molecule has 0 aliphatic rings. The lowest BCUT2D eigenvalue weighted by atomic mass is 10.1. The fourth-order valence-electron chi connectivity index (χ4n) is 2.47. The molecule has 7 nitrogen and oxygen atoms in total. The summed E-state index contributed by atoms with van der Waals surface area (Å²) in [5, 5.41) is 19.9. The number of nitrogens with zero attached hydrogens (tertiary/aromatic N) is 2. The molecule has 2 rings (SSSR count). The zero-order valence-corrected chi connectivity index (χ0v) is 18.8. The average molecular weight is 439 g/mol. The van der Waals surface area contributed by atoms with Crippen LogP contribution in [-0.2, 0) is 4.74 Å². The maximum absolute atomic E-state index is 12.0. The summed E-state index contributed by atoms with van der Waals surface area (Å²) in [4.78, 5) is 16.5. The summed E-state index contributed by atoms with van der Waals surface area (Å²) in [6, 6.07) is 4.51. The quantitative estimate of drug-likeness (QED) is 0.391. The normalized spacial score (nSPS) is 12.9. The van der Waals surface area contributed by atoms with Gasteiger partial charge in [-0.3, -0.25) is 5.43 Å². The van der Waals surface area contributed by atoms with Gasteiger partial charge >= 0.3 is 6.09 Å². The predicted molar refractivity (Wildman–Crippen MR) is 119 cm³/mol. The van der Waals surface area contributed by atoms with Gasteiger partial charge in [0.2, 0.25) is 5.13 Å². The Bertz CT molecular complexity index is 862. The number of carbonyl (C=O) groups excluding carboxylic acids is 1. The second-order valence-corrected chi connectivity index (χ2v) is 9.27. The van der Waals surface area contributed by atoms with Crippen LogP contribution in [0.1, 0.15) is 41.0 Å². The van der Waals surface area contributed by atoms with Gasteiger partial charge in [-0.15, -0.1) is 11.3 Å². The van der Waals surface area contributed by atoms with Crippen molar-refractivity contribution in [2.75, 3.05) is 5.43 Å². The standard InChI is InChI=1S/C20H27ClN4O3S/c1-12(2)8-14(23-19(27)28-20(3,4)5)10-22-25-18-24-16(11-29-18)15-9-13(21)6-7-17(15)26/h6-7,9-12,14,26H,8H2,1-5H3,(H,23,27)(H,24,25)/b22-10-/t14-/m0/s1. The van der Waals surface area contributed by atoms with E-state index in [0.29, 0.717) is 33.8 Å². The highest BCUT2D eigenvalue weighted by atomic mass is 35.5. The van der Waals surface area contributed by atoms with Crippen LogP contribution in [0.15, 0.2) is 28.7 Å². The molecule has 1 aromatic heterocycles. The molecule has 0 aliphatic heterocycles. The molecule has 1 heterocycles. The Morgan fingerprint density at radius 3 is 2.79 bits per heavy atom. The van der Waals surface area contributed by atoms with Crippen LogP contribution in [-0.4, -0.2) is 34.0 Å². The van der Waals surface area contributed by atoms with E-state index in [9.17, 15) is 9.90 Å². The average Bonchev–Trinajstić information content (AvgIpc) is 3.03. The van der Waals surface area contributed by atoms with Crippen molar-refractivity contribution in [2.24, 2.45) is 11.0 Å². The topological polar surface area (TPSA) is 95.8 Å². The van der Waals surface area contributed by atoms with Crippen LogP contribution in [0, 0.1) is 5.92 Å². The number of alkyl carbamates (subject to hydrolysis) is 1. The van der Waals surface area contributed by atoms with E-state index in [1.165, 1.54) is 17.4 Å². The van der Waals surface area contributed by atoms with Crippen molar-refractivity contribution in [3.8, 4) is 17.0 Å². The zero-order valence-electron chi connectivity index (χ0n) is 17.2. The molecule has 1 amide bonds. The molecule has 0 spiro atoms. The van der Waals surface area contributed by atoms with Gasteiger partial charge in [0.1, 0.15) is 11.4 Å². The van der Waals surface area contributed by atoms with Crippen molar-refractivity contribution in [3.63, 3.8) is 0 Å². The Kier molecular flexibility index (Phi) is 7.87. The number of hydrogen-bond donors (Lipinski definition) is 3. The minimum Gasteiger partial charge on any atom is -0.507 e. The van der Waals surface area contributed by atoms with Crippen LogP contribution in [0.2, 0.25) is 5.02 Å². The Hall–Kier alpha value is -2.32.